The molecule has 174 valence electrons. The Bertz CT molecular complexity index is 464. The van der Waals surface area contributed by atoms with E-state index in [0.29, 0.717) is 6.29 Å². The van der Waals surface area contributed by atoms with Gasteiger partial charge in [-0.05, 0) is 93.8 Å². The van der Waals surface area contributed by atoms with Gasteiger partial charge in [0, 0.05) is 5.57 Å². The summed E-state index contributed by atoms with van der Waals surface area (Å²) in [6.07, 6.45) is 23.3. The summed E-state index contributed by atoms with van der Waals surface area (Å²) in [4.78, 5) is 9.48. The molecule has 2 N–H and O–H groups in total. The highest BCUT2D eigenvalue weighted by atomic mass is 16.3. The number of hydrogen-bond donors (Lipinski definition) is 2. The second-order valence-corrected chi connectivity index (χ2v) is 10.5. The second kappa shape index (κ2) is 14.4. The number of hydrogen-bond acceptors (Lipinski definition) is 3. The molecule has 3 aliphatic carbocycles. The molecular weight excluding hydrogens is 372 g/mol. The molecule has 0 aromatic carbocycles. The molecular formula is C27H48O3. The molecule has 3 fully saturated rings. The Morgan fingerprint density at radius 3 is 1.60 bits per heavy atom. The first kappa shape index (κ1) is 25.6. The van der Waals surface area contributed by atoms with Crippen molar-refractivity contribution in [1.29, 1.82) is 0 Å². The zero-order valence-corrected chi connectivity index (χ0v) is 19.6. The SMILES string of the molecule is C=C(C=O)CO.CCCCCC1CCC(C2CCC(C3CCC(O)CC3)CC2)CC1. The Hall–Kier alpha value is -0.670. The van der Waals surface area contributed by atoms with Crippen LogP contribution in [0.2, 0.25) is 0 Å². The van der Waals surface area contributed by atoms with E-state index in [1.807, 2.05) is 0 Å². The minimum atomic E-state index is -0.233. The van der Waals surface area contributed by atoms with Crippen molar-refractivity contribution in [3.8, 4) is 0 Å². The molecule has 3 heteroatoms. The first-order valence-electron chi connectivity index (χ1n) is 13.0. The van der Waals surface area contributed by atoms with Crippen LogP contribution in [-0.4, -0.2) is 29.2 Å². The van der Waals surface area contributed by atoms with Gasteiger partial charge in [-0.25, -0.2) is 0 Å². The van der Waals surface area contributed by atoms with E-state index in [0.717, 1.165) is 42.4 Å². The standard InChI is InChI=1S/C23H42O.C4H6O2/c1-2-3-4-5-18-6-8-19(9-7-18)20-10-12-21(13-11-20)22-14-16-23(24)17-15-22;1-4(2-5)3-6/h18-24H,2-17H2,1H3;2,6H,1,3H2. The molecule has 0 amide bonds. The topological polar surface area (TPSA) is 57.5 Å². The Morgan fingerprint density at radius 1 is 0.800 bits per heavy atom. The number of rotatable bonds is 8. The average molecular weight is 421 g/mol. The van der Waals surface area contributed by atoms with Gasteiger partial charge in [-0.15, -0.1) is 0 Å². The van der Waals surface area contributed by atoms with Crippen molar-refractivity contribution in [2.75, 3.05) is 6.61 Å². The zero-order valence-electron chi connectivity index (χ0n) is 19.6. The first-order valence-corrected chi connectivity index (χ1v) is 13.0. The molecule has 3 aliphatic rings. The van der Waals surface area contributed by atoms with Crippen LogP contribution >= 0.6 is 0 Å². The molecule has 0 aromatic rings. The van der Waals surface area contributed by atoms with Crippen molar-refractivity contribution >= 4 is 6.29 Å². The average Bonchev–Trinajstić information content (AvgIpc) is 2.80. The van der Waals surface area contributed by atoms with Crippen molar-refractivity contribution in [1.82, 2.24) is 0 Å². The zero-order chi connectivity index (χ0) is 21.8. The van der Waals surface area contributed by atoms with E-state index < -0.39 is 0 Å². The molecule has 0 atom stereocenters. The smallest absolute Gasteiger partial charge is 0.147 e. The fourth-order valence-electron chi connectivity index (χ4n) is 6.33. The number of aldehydes is 1. The summed E-state index contributed by atoms with van der Waals surface area (Å²) >= 11 is 0. The van der Waals surface area contributed by atoms with Gasteiger partial charge in [0.25, 0.3) is 0 Å². The van der Waals surface area contributed by atoms with Crippen molar-refractivity contribution in [2.24, 2.45) is 29.6 Å². The quantitative estimate of drug-likeness (QED) is 0.269. The lowest BCUT2D eigenvalue weighted by atomic mass is 9.65. The Kier molecular flexibility index (Phi) is 12.3. The highest BCUT2D eigenvalue weighted by Gasteiger charge is 2.34. The van der Waals surface area contributed by atoms with Gasteiger partial charge >= 0.3 is 0 Å². The van der Waals surface area contributed by atoms with Gasteiger partial charge in [-0.2, -0.15) is 0 Å². The van der Waals surface area contributed by atoms with Gasteiger partial charge in [0.15, 0.2) is 0 Å². The van der Waals surface area contributed by atoms with Crippen molar-refractivity contribution in [2.45, 2.75) is 116 Å². The number of carbonyl (C=O) groups is 1. The van der Waals surface area contributed by atoms with E-state index in [-0.39, 0.29) is 18.3 Å². The Balaban J connectivity index is 0.000000469. The summed E-state index contributed by atoms with van der Waals surface area (Å²) in [6.45, 7) is 5.26. The number of unbranched alkanes of at least 4 members (excludes halogenated alkanes) is 2. The third-order valence-corrected chi connectivity index (χ3v) is 8.37. The van der Waals surface area contributed by atoms with E-state index in [1.165, 1.54) is 77.0 Å². The molecule has 0 unspecified atom stereocenters. The maximum absolute atomic E-state index is 9.73. The van der Waals surface area contributed by atoms with Crippen molar-refractivity contribution < 1.29 is 15.0 Å². The predicted octanol–water partition coefficient (Wildman–Crippen LogP) is 6.46. The Labute approximate surface area is 185 Å². The fraction of sp³-hybridized carbons (Fsp3) is 0.889. The minimum Gasteiger partial charge on any atom is -0.393 e. The molecule has 0 radical (unpaired) electrons. The lowest BCUT2D eigenvalue weighted by Gasteiger charge is -2.41. The van der Waals surface area contributed by atoms with E-state index in [1.54, 1.807) is 12.8 Å². The van der Waals surface area contributed by atoms with Gasteiger partial charge < -0.3 is 10.2 Å². The van der Waals surface area contributed by atoms with Crippen LogP contribution in [0.4, 0.5) is 0 Å². The monoisotopic (exact) mass is 420 g/mol. The van der Waals surface area contributed by atoms with Gasteiger partial charge in [0.1, 0.15) is 6.29 Å². The molecule has 0 heterocycles. The second-order valence-electron chi connectivity index (χ2n) is 10.5. The molecule has 3 saturated carbocycles. The summed E-state index contributed by atoms with van der Waals surface area (Å²) in [5.74, 6) is 5.15. The predicted molar refractivity (Wildman–Crippen MR) is 125 cm³/mol. The molecule has 0 spiro atoms. The highest BCUT2D eigenvalue weighted by molar-refractivity contribution is 5.72. The van der Waals surface area contributed by atoms with E-state index in [9.17, 15) is 9.90 Å². The van der Waals surface area contributed by atoms with Crippen LogP contribution in [-0.2, 0) is 4.79 Å². The third kappa shape index (κ3) is 8.83. The van der Waals surface area contributed by atoms with Gasteiger partial charge in [0.2, 0.25) is 0 Å². The molecule has 30 heavy (non-hydrogen) atoms. The van der Waals surface area contributed by atoms with E-state index >= 15 is 0 Å². The van der Waals surface area contributed by atoms with Crippen LogP contribution in [0.5, 0.6) is 0 Å². The molecule has 0 bridgehead atoms. The minimum absolute atomic E-state index is 0.0186. The third-order valence-electron chi connectivity index (χ3n) is 8.37. The van der Waals surface area contributed by atoms with Crippen LogP contribution in [0.3, 0.4) is 0 Å². The first-order chi connectivity index (χ1) is 14.6. The van der Waals surface area contributed by atoms with E-state index in [4.69, 9.17) is 5.11 Å². The van der Waals surface area contributed by atoms with E-state index in [2.05, 4.69) is 13.5 Å². The van der Waals surface area contributed by atoms with Crippen LogP contribution in [0.15, 0.2) is 12.2 Å². The summed E-state index contributed by atoms with van der Waals surface area (Å²) in [7, 11) is 0. The van der Waals surface area contributed by atoms with Crippen LogP contribution in [0, 0.1) is 29.6 Å². The maximum atomic E-state index is 9.73. The molecule has 0 aromatic heterocycles. The van der Waals surface area contributed by atoms with Gasteiger partial charge in [0.05, 0.1) is 12.7 Å². The number of aliphatic hydroxyl groups is 2. The number of carbonyl (C=O) groups excluding carboxylic acids is 1. The summed E-state index contributed by atoms with van der Waals surface area (Å²) < 4.78 is 0. The molecule has 3 nitrogen and oxygen atoms in total. The molecule has 3 rings (SSSR count). The van der Waals surface area contributed by atoms with Gasteiger partial charge in [-0.1, -0.05) is 52.0 Å². The number of aliphatic hydroxyl groups excluding tert-OH is 2. The largest absolute Gasteiger partial charge is 0.393 e. The lowest BCUT2D eigenvalue weighted by molar-refractivity contribution is -0.105. The van der Waals surface area contributed by atoms with Gasteiger partial charge in [-0.3, -0.25) is 4.79 Å². The Morgan fingerprint density at radius 2 is 1.23 bits per heavy atom. The summed E-state index contributed by atoms with van der Waals surface area (Å²) in [5.41, 5.74) is 0.218. The fourth-order valence-corrected chi connectivity index (χ4v) is 6.33. The maximum Gasteiger partial charge on any atom is 0.147 e. The van der Waals surface area contributed by atoms with Crippen molar-refractivity contribution in [3.63, 3.8) is 0 Å². The summed E-state index contributed by atoms with van der Waals surface area (Å²) in [5, 5.41) is 17.7. The lowest BCUT2D eigenvalue weighted by Crippen LogP contribution is -2.30. The normalized spacial score (nSPS) is 34.5. The van der Waals surface area contributed by atoms with Crippen LogP contribution in [0.1, 0.15) is 110 Å². The van der Waals surface area contributed by atoms with Crippen LogP contribution in [0.25, 0.3) is 0 Å². The summed E-state index contributed by atoms with van der Waals surface area (Å²) in [6, 6.07) is 0. The van der Waals surface area contributed by atoms with Crippen LogP contribution < -0.4 is 0 Å². The van der Waals surface area contributed by atoms with Crippen molar-refractivity contribution in [3.05, 3.63) is 12.2 Å². The molecule has 0 aliphatic heterocycles. The molecule has 0 saturated heterocycles. The highest BCUT2D eigenvalue weighted by Crippen LogP contribution is 2.45.